The molecule has 0 aliphatic heterocycles. The molecule has 0 aromatic heterocycles. The molecule has 0 bridgehead atoms. The van der Waals surface area contributed by atoms with Gasteiger partial charge in [-0.15, -0.1) is 0 Å². The summed E-state index contributed by atoms with van der Waals surface area (Å²) in [7, 11) is 0. The van der Waals surface area contributed by atoms with Crippen molar-refractivity contribution in [2.45, 2.75) is 31.5 Å². The van der Waals surface area contributed by atoms with E-state index in [1.165, 1.54) is 0 Å². The van der Waals surface area contributed by atoms with Gasteiger partial charge in [0.1, 0.15) is 12.3 Å². The van der Waals surface area contributed by atoms with Crippen molar-refractivity contribution in [2.24, 2.45) is 5.73 Å². The van der Waals surface area contributed by atoms with Crippen molar-refractivity contribution in [1.82, 2.24) is 5.32 Å². The Morgan fingerprint density at radius 2 is 2.07 bits per heavy atom. The van der Waals surface area contributed by atoms with Crippen LogP contribution in [0.15, 0.2) is 0 Å². The van der Waals surface area contributed by atoms with Crippen LogP contribution < -0.4 is 11.1 Å². The molecule has 0 radical (unpaired) electrons. The maximum atomic E-state index is 10.7. The molecule has 0 rings (SSSR count). The lowest BCUT2D eigenvalue weighted by Gasteiger charge is -2.17. The Kier molecular flexibility index (Phi) is 7.31. The average molecular weight is 206 g/mol. The fourth-order valence-electron chi connectivity index (χ4n) is 1.06. The molecule has 6 N–H and O–H groups in total. The molecule has 0 amide bonds. The van der Waals surface area contributed by atoms with Gasteiger partial charge < -0.3 is 21.1 Å². The highest BCUT2D eigenvalue weighted by atomic mass is 16.4. The predicted octanol–water partition coefficient (Wildman–Crippen LogP) is -1.53. The SMILES string of the molecule is NCCCC[C@H](NC(O)CO)C(=O)O. The number of nitrogens with one attached hydrogen (secondary N) is 1. The van der Waals surface area contributed by atoms with Crippen LogP contribution in [0.2, 0.25) is 0 Å². The fourth-order valence-corrected chi connectivity index (χ4v) is 1.06. The molecule has 0 heterocycles. The second-order valence-electron chi connectivity index (χ2n) is 3.04. The Balaban J connectivity index is 3.84. The topological polar surface area (TPSA) is 116 Å². The van der Waals surface area contributed by atoms with E-state index in [0.29, 0.717) is 19.4 Å². The molecule has 14 heavy (non-hydrogen) atoms. The highest BCUT2D eigenvalue weighted by Gasteiger charge is 2.18. The van der Waals surface area contributed by atoms with Crippen molar-refractivity contribution in [3.05, 3.63) is 0 Å². The summed E-state index contributed by atoms with van der Waals surface area (Å²) < 4.78 is 0. The maximum Gasteiger partial charge on any atom is 0.320 e. The lowest BCUT2D eigenvalue weighted by atomic mass is 10.1. The third-order valence-electron chi connectivity index (χ3n) is 1.81. The summed E-state index contributed by atoms with van der Waals surface area (Å²) >= 11 is 0. The van der Waals surface area contributed by atoms with E-state index in [9.17, 15) is 4.79 Å². The summed E-state index contributed by atoms with van der Waals surface area (Å²) in [6.07, 6.45) is 0.636. The number of nitrogens with two attached hydrogens (primary N) is 1. The van der Waals surface area contributed by atoms with E-state index in [4.69, 9.17) is 21.1 Å². The van der Waals surface area contributed by atoms with Crippen molar-refractivity contribution < 1.29 is 20.1 Å². The van der Waals surface area contributed by atoms with Crippen LogP contribution in [0.3, 0.4) is 0 Å². The van der Waals surface area contributed by atoms with Gasteiger partial charge >= 0.3 is 5.97 Å². The van der Waals surface area contributed by atoms with Gasteiger partial charge in [-0.05, 0) is 19.4 Å². The van der Waals surface area contributed by atoms with E-state index in [2.05, 4.69) is 5.32 Å². The molecule has 2 atom stereocenters. The summed E-state index contributed by atoms with van der Waals surface area (Å²) in [6.45, 7) is 0.0234. The minimum absolute atomic E-state index is 0.392. The van der Waals surface area contributed by atoms with Gasteiger partial charge in [-0.3, -0.25) is 10.1 Å². The molecule has 6 nitrogen and oxygen atoms in total. The van der Waals surface area contributed by atoms with Crippen LogP contribution in [-0.4, -0.2) is 46.7 Å². The van der Waals surface area contributed by atoms with Gasteiger partial charge in [0.25, 0.3) is 0 Å². The third kappa shape index (κ3) is 5.87. The number of carboxylic acid groups (broad SMARTS) is 1. The van der Waals surface area contributed by atoms with Crippen molar-refractivity contribution in [3.8, 4) is 0 Å². The molecule has 0 aromatic rings. The zero-order valence-corrected chi connectivity index (χ0v) is 8.02. The Morgan fingerprint density at radius 3 is 2.50 bits per heavy atom. The van der Waals surface area contributed by atoms with Gasteiger partial charge in [-0.1, -0.05) is 6.42 Å². The molecule has 0 aliphatic carbocycles. The van der Waals surface area contributed by atoms with Crippen molar-refractivity contribution in [3.63, 3.8) is 0 Å². The van der Waals surface area contributed by atoms with Crippen LogP contribution in [0.1, 0.15) is 19.3 Å². The van der Waals surface area contributed by atoms with E-state index in [1.807, 2.05) is 0 Å². The van der Waals surface area contributed by atoms with Crippen LogP contribution in [0.25, 0.3) is 0 Å². The summed E-state index contributed by atoms with van der Waals surface area (Å²) in [5.41, 5.74) is 5.26. The summed E-state index contributed by atoms with van der Waals surface area (Å²) in [5.74, 6) is -1.03. The summed E-state index contributed by atoms with van der Waals surface area (Å²) in [4.78, 5) is 10.7. The number of hydrogen-bond donors (Lipinski definition) is 5. The van der Waals surface area contributed by atoms with Gasteiger partial charge in [0.05, 0.1) is 6.61 Å². The van der Waals surface area contributed by atoms with E-state index >= 15 is 0 Å². The quantitative estimate of drug-likeness (QED) is 0.243. The van der Waals surface area contributed by atoms with Crippen LogP contribution in [-0.2, 0) is 4.79 Å². The number of aliphatic carboxylic acids is 1. The molecule has 0 saturated carbocycles. The highest BCUT2D eigenvalue weighted by molar-refractivity contribution is 5.73. The Hall–Kier alpha value is -0.690. The Bertz CT molecular complexity index is 165. The van der Waals surface area contributed by atoms with Gasteiger partial charge in [0.2, 0.25) is 0 Å². The van der Waals surface area contributed by atoms with E-state index in [-0.39, 0.29) is 0 Å². The van der Waals surface area contributed by atoms with Crippen molar-refractivity contribution in [2.75, 3.05) is 13.2 Å². The second-order valence-corrected chi connectivity index (χ2v) is 3.04. The number of aliphatic hydroxyl groups is 2. The minimum Gasteiger partial charge on any atom is -0.480 e. The fraction of sp³-hybridized carbons (Fsp3) is 0.875. The van der Waals surface area contributed by atoms with Gasteiger partial charge in [-0.25, -0.2) is 0 Å². The second kappa shape index (κ2) is 7.69. The lowest BCUT2D eigenvalue weighted by molar-refractivity contribution is -0.141. The first-order valence-electron chi connectivity index (χ1n) is 4.59. The minimum atomic E-state index is -1.19. The van der Waals surface area contributed by atoms with E-state index < -0.39 is 24.8 Å². The first-order chi connectivity index (χ1) is 6.61. The Labute approximate surface area is 82.7 Å². The highest BCUT2D eigenvalue weighted by Crippen LogP contribution is 2.01. The first-order valence-corrected chi connectivity index (χ1v) is 4.59. The van der Waals surface area contributed by atoms with Crippen molar-refractivity contribution in [1.29, 1.82) is 0 Å². The largest absolute Gasteiger partial charge is 0.480 e. The average Bonchev–Trinajstić information content (AvgIpc) is 2.16. The smallest absolute Gasteiger partial charge is 0.320 e. The molecule has 0 aromatic carbocycles. The van der Waals surface area contributed by atoms with Gasteiger partial charge in [0, 0.05) is 0 Å². The summed E-state index contributed by atoms with van der Waals surface area (Å²) in [5, 5.41) is 28.6. The first kappa shape index (κ1) is 13.3. The third-order valence-corrected chi connectivity index (χ3v) is 1.81. The number of rotatable bonds is 8. The summed E-state index contributed by atoms with van der Waals surface area (Å²) in [6, 6.07) is -0.830. The van der Waals surface area contributed by atoms with Crippen molar-refractivity contribution >= 4 is 5.97 Å². The number of unbranched alkanes of at least 4 members (excludes halogenated alkanes) is 1. The lowest BCUT2D eigenvalue weighted by Crippen LogP contribution is -2.45. The standard InChI is InChI=1S/C8H18N2O4/c9-4-2-1-3-6(8(13)14)10-7(12)5-11/h6-7,10-12H,1-5,9H2,(H,13,14)/t6-,7?/m0/s1. The van der Waals surface area contributed by atoms with Crippen LogP contribution >= 0.6 is 0 Å². The molecular formula is C8H18N2O4. The van der Waals surface area contributed by atoms with Crippen LogP contribution in [0, 0.1) is 0 Å². The molecule has 1 unspecified atom stereocenters. The van der Waals surface area contributed by atoms with E-state index in [0.717, 1.165) is 6.42 Å². The number of hydrogen-bond acceptors (Lipinski definition) is 5. The van der Waals surface area contributed by atoms with E-state index in [1.54, 1.807) is 0 Å². The molecule has 0 fully saturated rings. The monoisotopic (exact) mass is 206 g/mol. The normalized spacial score (nSPS) is 15.1. The predicted molar refractivity (Wildman–Crippen MR) is 50.6 cm³/mol. The number of carboxylic acids is 1. The number of aliphatic hydroxyl groups excluding tert-OH is 2. The van der Waals surface area contributed by atoms with Gasteiger partial charge in [0.15, 0.2) is 0 Å². The maximum absolute atomic E-state index is 10.7. The molecular weight excluding hydrogens is 188 g/mol. The van der Waals surface area contributed by atoms with Crippen LogP contribution in [0.5, 0.6) is 0 Å². The van der Waals surface area contributed by atoms with Gasteiger partial charge in [-0.2, -0.15) is 0 Å². The number of carbonyl (C=O) groups is 1. The molecule has 0 saturated heterocycles. The molecule has 0 aliphatic rings. The molecule has 6 heteroatoms. The van der Waals surface area contributed by atoms with Crippen LogP contribution in [0.4, 0.5) is 0 Å². The molecule has 84 valence electrons. The Morgan fingerprint density at radius 1 is 1.43 bits per heavy atom. The zero-order valence-electron chi connectivity index (χ0n) is 8.02. The zero-order chi connectivity index (χ0) is 11.0. The molecule has 0 spiro atoms.